The van der Waals surface area contributed by atoms with E-state index in [-0.39, 0.29) is 11.3 Å². The monoisotopic (exact) mass is 227 g/mol. The van der Waals surface area contributed by atoms with Crippen molar-refractivity contribution in [3.05, 3.63) is 0 Å². The minimum atomic E-state index is 0.138. The lowest BCUT2D eigenvalue weighted by atomic mass is 9.90. The smallest absolute Gasteiger partial charge is 0.236 e. The molecule has 0 spiro atoms. The highest BCUT2D eigenvalue weighted by atomic mass is 16.2. The van der Waals surface area contributed by atoms with Gasteiger partial charge in [-0.15, -0.1) is 0 Å². The topological polar surface area (TPSA) is 49.6 Å². The summed E-state index contributed by atoms with van der Waals surface area (Å²) in [6, 6.07) is 0. The van der Waals surface area contributed by atoms with Gasteiger partial charge in [-0.05, 0) is 31.5 Å². The predicted octanol–water partition coefficient (Wildman–Crippen LogP) is 0.526. The fraction of sp³-hybridized carbons (Fsp3) is 0.917. The zero-order valence-electron chi connectivity index (χ0n) is 10.8. The largest absolute Gasteiger partial charge is 0.341 e. The minimum Gasteiger partial charge on any atom is -0.341 e. The summed E-state index contributed by atoms with van der Waals surface area (Å²) in [5, 5.41) is 0. The first-order valence-electron chi connectivity index (χ1n) is 6.25. The number of likely N-dealkylation sites (tertiary alicyclic amines) is 1. The summed E-state index contributed by atoms with van der Waals surface area (Å²) in [5.41, 5.74) is 5.87. The van der Waals surface area contributed by atoms with Crippen LogP contribution >= 0.6 is 0 Å². The van der Waals surface area contributed by atoms with Gasteiger partial charge < -0.3 is 10.6 Å². The van der Waals surface area contributed by atoms with Crippen molar-refractivity contribution < 1.29 is 4.79 Å². The quantitative estimate of drug-likeness (QED) is 0.745. The van der Waals surface area contributed by atoms with Gasteiger partial charge in [-0.2, -0.15) is 0 Å². The molecule has 1 fully saturated rings. The Kier molecular flexibility index (Phi) is 4.74. The number of rotatable bonds is 5. The Morgan fingerprint density at radius 2 is 2.06 bits per heavy atom. The molecular formula is C12H25N3O. The molecule has 1 unspecified atom stereocenters. The molecule has 0 aromatic carbocycles. The molecule has 1 aliphatic rings. The van der Waals surface area contributed by atoms with Crippen LogP contribution in [0.15, 0.2) is 0 Å². The summed E-state index contributed by atoms with van der Waals surface area (Å²) in [4.78, 5) is 16.1. The van der Waals surface area contributed by atoms with Gasteiger partial charge in [-0.25, -0.2) is 0 Å². The standard InChI is InChI=1S/C12H25N3O/c1-4-14(5-2)8-11(16)15-7-6-12(3,9-13)10-15/h4-10,13H2,1-3H3. The molecule has 0 bridgehead atoms. The molecule has 1 aliphatic heterocycles. The van der Waals surface area contributed by atoms with Gasteiger partial charge >= 0.3 is 0 Å². The van der Waals surface area contributed by atoms with E-state index < -0.39 is 0 Å². The lowest BCUT2D eigenvalue weighted by molar-refractivity contribution is -0.131. The maximum absolute atomic E-state index is 12.0. The fourth-order valence-electron chi connectivity index (χ4n) is 2.14. The normalized spacial score (nSPS) is 25.4. The van der Waals surface area contributed by atoms with Gasteiger partial charge in [-0.3, -0.25) is 9.69 Å². The molecule has 4 nitrogen and oxygen atoms in total. The molecule has 94 valence electrons. The molecule has 0 radical (unpaired) electrons. The molecule has 16 heavy (non-hydrogen) atoms. The van der Waals surface area contributed by atoms with Gasteiger partial charge in [0.15, 0.2) is 0 Å². The molecular weight excluding hydrogens is 202 g/mol. The summed E-state index contributed by atoms with van der Waals surface area (Å²) >= 11 is 0. The molecule has 1 heterocycles. The van der Waals surface area contributed by atoms with E-state index in [0.29, 0.717) is 13.1 Å². The highest BCUT2D eigenvalue weighted by Gasteiger charge is 2.34. The second-order valence-electron chi connectivity index (χ2n) is 5.04. The summed E-state index contributed by atoms with van der Waals surface area (Å²) in [6.45, 7) is 11.1. The van der Waals surface area contributed by atoms with Crippen LogP contribution < -0.4 is 5.73 Å². The van der Waals surface area contributed by atoms with E-state index in [2.05, 4.69) is 25.7 Å². The first-order valence-corrected chi connectivity index (χ1v) is 6.25. The van der Waals surface area contributed by atoms with Crippen molar-refractivity contribution >= 4 is 5.91 Å². The van der Waals surface area contributed by atoms with Crippen LogP contribution in [0.4, 0.5) is 0 Å². The van der Waals surface area contributed by atoms with Gasteiger partial charge in [0.05, 0.1) is 6.54 Å². The average molecular weight is 227 g/mol. The summed E-state index contributed by atoms with van der Waals surface area (Å²) in [5.74, 6) is 0.251. The third-order valence-electron chi connectivity index (χ3n) is 3.66. The summed E-state index contributed by atoms with van der Waals surface area (Å²) in [6.07, 6.45) is 1.04. The van der Waals surface area contributed by atoms with E-state index in [4.69, 9.17) is 5.73 Å². The van der Waals surface area contributed by atoms with Crippen LogP contribution in [0.5, 0.6) is 0 Å². The van der Waals surface area contributed by atoms with Crippen molar-refractivity contribution in [3.63, 3.8) is 0 Å². The number of hydrogen-bond acceptors (Lipinski definition) is 3. The van der Waals surface area contributed by atoms with Crippen LogP contribution in [0.3, 0.4) is 0 Å². The molecule has 4 heteroatoms. The van der Waals surface area contributed by atoms with Gasteiger partial charge in [0.25, 0.3) is 0 Å². The molecule has 2 N–H and O–H groups in total. The van der Waals surface area contributed by atoms with Crippen molar-refractivity contribution in [1.82, 2.24) is 9.80 Å². The number of hydrogen-bond donors (Lipinski definition) is 1. The number of carbonyl (C=O) groups excluding carboxylic acids is 1. The van der Waals surface area contributed by atoms with Gasteiger partial charge in [0, 0.05) is 13.1 Å². The van der Waals surface area contributed by atoms with Crippen molar-refractivity contribution in [1.29, 1.82) is 0 Å². The van der Waals surface area contributed by atoms with Crippen LogP contribution in [0.1, 0.15) is 27.2 Å². The fourth-order valence-corrected chi connectivity index (χ4v) is 2.14. The molecule has 1 saturated heterocycles. The van der Waals surface area contributed by atoms with Gasteiger partial charge in [0.2, 0.25) is 5.91 Å². The van der Waals surface area contributed by atoms with E-state index in [1.165, 1.54) is 0 Å². The molecule has 1 amide bonds. The van der Waals surface area contributed by atoms with Gasteiger partial charge in [0.1, 0.15) is 0 Å². The molecule has 0 aliphatic carbocycles. The Hall–Kier alpha value is -0.610. The van der Waals surface area contributed by atoms with Crippen LogP contribution in [0.2, 0.25) is 0 Å². The van der Waals surface area contributed by atoms with Crippen LogP contribution in [-0.2, 0) is 4.79 Å². The number of amides is 1. The van der Waals surface area contributed by atoms with Crippen molar-refractivity contribution in [3.8, 4) is 0 Å². The predicted molar refractivity (Wildman–Crippen MR) is 66.1 cm³/mol. The molecule has 1 atom stereocenters. The first-order chi connectivity index (χ1) is 7.54. The van der Waals surface area contributed by atoms with Crippen molar-refractivity contribution in [2.24, 2.45) is 11.1 Å². The zero-order chi connectivity index (χ0) is 12.2. The Morgan fingerprint density at radius 3 is 2.50 bits per heavy atom. The van der Waals surface area contributed by atoms with E-state index in [1.54, 1.807) is 0 Å². The molecule has 0 aromatic rings. The lowest BCUT2D eigenvalue weighted by Gasteiger charge is -2.25. The highest BCUT2D eigenvalue weighted by Crippen LogP contribution is 2.28. The van der Waals surface area contributed by atoms with Crippen LogP contribution in [0, 0.1) is 5.41 Å². The van der Waals surface area contributed by atoms with E-state index in [1.807, 2.05) is 4.90 Å². The number of nitrogens with two attached hydrogens (primary N) is 1. The molecule has 0 saturated carbocycles. The summed E-state index contributed by atoms with van der Waals surface area (Å²) < 4.78 is 0. The molecule has 1 rings (SSSR count). The van der Waals surface area contributed by atoms with Crippen molar-refractivity contribution in [2.75, 3.05) is 39.3 Å². The number of carbonyl (C=O) groups is 1. The third-order valence-corrected chi connectivity index (χ3v) is 3.66. The number of nitrogens with zero attached hydrogens (tertiary/aromatic N) is 2. The average Bonchev–Trinajstić information content (AvgIpc) is 2.69. The van der Waals surface area contributed by atoms with Crippen molar-refractivity contribution in [2.45, 2.75) is 27.2 Å². The Balaban J connectivity index is 2.45. The number of likely N-dealkylation sites (N-methyl/N-ethyl adjacent to an activating group) is 1. The van der Waals surface area contributed by atoms with E-state index in [0.717, 1.165) is 32.6 Å². The Morgan fingerprint density at radius 1 is 1.44 bits per heavy atom. The highest BCUT2D eigenvalue weighted by molar-refractivity contribution is 5.78. The maximum Gasteiger partial charge on any atom is 0.236 e. The van der Waals surface area contributed by atoms with Crippen LogP contribution in [-0.4, -0.2) is 55.0 Å². The first kappa shape index (κ1) is 13.5. The molecule has 0 aromatic heterocycles. The lowest BCUT2D eigenvalue weighted by Crippen LogP contribution is -2.40. The minimum absolute atomic E-state index is 0.138. The second-order valence-corrected chi connectivity index (χ2v) is 5.04. The third kappa shape index (κ3) is 3.19. The maximum atomic E-state index is 12.0. The summed E-state index contributed by atoms with van der Waals surface area (Å²) in [7, 11) is 0. The van der Waals surface area contributed by atoms with E-state index in [9.17, 15) is 4.79 Å². The van der Waals surface area contributed by atoms with E-state index >= 15 is 0 Å². The SMILES string of the molecule is CCN(CC)CC(=O)N1CCC(C)(CN)C1. The second kappa shape index (κ2) is 5.64. The Bertz CT molecular complexity index is 240. The zero-order valence-corrected chi connectivity index (χ0v) is 10.8. The van der Waals surface area contributed by atoms with Crippen LogP contribution in [0.25, 0.3) is 0 Å². The van der Waals surface area contributed by atoms with Gasteiger partial charge in [-0.1, -0.05) is 20.8 Å². The Labute approximate surface area is 98.8 Å².